The highest BCUT2D eigenvalue weighted by molar-refractivity contribution is 5.75. The first-order valence-electron chi connectivity index (χ1n) is 5.63. The fourth-order valence-corrected chi connectivity index (χ4v) is 1.78. The molecule has 0 saturated heterocycles. The van der Waals surface area contributed by atoms with Crippen LogP contribution in [-0.2, 0) is 11.2 Å². The predicted molar refractivity (Wildman–Crippen MR) is 61.1 cm³/mol. The lowest BCUT2D eigenvalue weighted by Crippen LogP contribution is -2.15. The molecule has 1 aromatic rings. The molecule has 0 radical (unpaired) electrons. The molecule has 1 heterocycles. The average Bonchev–Trinajstić information content (AvgIpc) is 2.28. The van der Waals surface area contributed by atoms with Gasteiger partial charge in [0.05, 0.1) is 0 Å². The van der Waals surface area contributed by atoms with Crippen LogP contribution in [0.5, 0.6) is 11.5 Å². The van der Waals surface area contributed by atoms with Gasteiger partial charge in [-0.2, -0.15) is 0 Å². The molecule has 0 aromatic heterocycles. The van der Waals surface area contributed by atoms with Crippen LogP contribution in [-0.4, -0.2) is 19.0 Å². The minimum atomic E-state index is 0.248. The van der Waals surface area contributed by atoms with E-state index in [1.165, 1.54) is 5.56 Å². The van der Waals surface area contributed by atoms with Crippen LogP contribution in [0.25, 0.3) is 0 Å². The van der Waals surface area contributed by atoms with Gasteiger partial charge in [0.2, 0.25) is 0 Å². The quantitative estimate of drug-likeness (QED) is 0.781. The van der Waals surface area contributed by atoms with Crippen molar-refractivity contribution in [2.75, 3.05) is 13.2 Å². The summed E-state index contributed by atoms with van der Waals surface area (Å²) in [5, 5.41) is 0. The van der Waals surface area contributed by atoms with Gasteiger partial charge in [-0.1, -0.05) is 6.07 Å². The third kappa shape index (κ3) is 2.75. The molecule has 1 aliphatic rings. The lowest BCUT2D eigenvalue weighted by Gasteiger charge is -2.18. The number of benzene rings is 1. The van der Waals surface area contributed by atoms with Gasteiger partial charge in [-0.05, 0) is 37.5 Å². The van der Waals surface area contributed by atoms with Crippen LogP contribution in [0, 0.1) is 0 Å². The summed E-state index contributed by atoms with van der Waals surface area (Å²) in [6, 6.07) is 5.99. The molecule has 0 fully saturated rings. The van der Waals surface area contributed by atoms with E-state index in [1.54, 1.807) is 6.92 Å². The van der Waals surface area contributed by atoms with Crippen LogP contribution < -0.4 is 9.47 Å². The van der Waals surface area contributed by atoms with E-state index in [2.05, 4.69) is 0 Å². The number of hydrogen-bond donors (Lipinski definition) is 0. The molecule has 0 spiro atoms. The molecule has 0 atom stereocenters. The van der Waals surface area contributed by atoms with E-state index >= 15 is 0 Å². The molecule has 0 amide bonds. The highest BCUT2D eigenvalue weighted by Crippen LogP contribution is 2.31. The highest BCUT2D eigenvalue weighted by Gasteiger charge is 2.11. The third-order valence-electron chi connectivity index (χ3n) is 2.60. The minimum absolute atomic E-state index is 0.248. The van der Waals surface area contributed by atoms with Gasteiger partial charge in [0.1, 0.15) is 19.0 Å². The van der Waals surface area contributed by atoms with Gasteiger partial charge in [-0.3, -0.25) is 0 Å². The van der Waals surface area contributed by atoms with E-state index < -0.39 is 0 Å². The van der Waals surface area contributed by atoms with Gasteiger partial charge >= 0.3 is 0 Å². The van der Waals surface area contributed by atoms with E-state index in [9.17, 15) is 4.79 Å². The Hall–Kier alpha value is -1.51. The van der Waals surface area contributed by atoms with Gasteiger partial charge in [0.15, 0.2) is 11.5 Å². The van der Waals surface area contributed by atoms with E-state index in [0.717, 1.165) is 24.3 Å². The van der Waals surface area contributed by atoms with E-state index in [4.69, 9.17) is 9.47 Å². The van der Waals surface area contributed by atoms with Crippen molar-refractivity contribution in [2.24, 2.45) is 0 Å². The summed E-state index contributed by atoms with van der Waals surface area (Å²) in [5.41, 5.74) is 1.20. The Morgan fingerprint density at radius 1 is 1.25 bits per heavy atom. The molecule has 1 aromatic carbocycles. The SMILES string of the molecule is CC(=O)CCCc1ccc2c(c1)OCCO2. The molecule has 0 saturated carbocycles. The zero-order valence-corrected chi connectivity index (χ0v) is 9.49. The Kier molecular flexibility index (Phi) is 3.44. The van der Waals surface area contributed by atoms with E-state index in [1.807, 2.05) is 18.2 Å². The maximum absolute atomic E-state index is 10.8. The highest BCUT2D eigenvalue weighted by atomic mass is 16.6. The topological polar surface area (TPSA) is 35.5 Å². The Morgan fingerprint density at radius 3 is 2.75 bits per heavy atom. The molecule has 86 valence electrons. The first kappa shape index (κ1) is 11.0. The van der Waals surface area contributed by atoms with Crippen molar-refractivity contribution in [2.45, 2.75) is 26.2 Å². The standard InChI is InChI=1S/C13H16O3/c1-10(14)3-2-4-11-5-6-12-13(9-11)16-8-7-15-12/h5-6,9H,2-4,7-8H2,1H3. The fourth-order valence-electron chi connectivity index (χ4n) is 1.78. The average molecular weight is 220 g/mol. The Morgan fingerprint density at radius 2 is 2.00 bits per heavy atom. The molecular weight excluding hydrogens is 204 g/mol. The van der Waals surface area contributed by atoms with Crippen molar-refractivity contribution in [3.8, 4) is 11.5 Å². The van der Waals surface area contributed by atoms with Crippen LogP contribution in [0.4, 0.5) is 0 Å². The van der Waals surface area contributed by atoms with Crippen molar-refractivity contribution < 1.29 is 14.3 Å². The van der Waals surface area contributed by atoms with Crippen LogP contribution in [0.2, 0.25) is 0 Å². The number of aryl methyl sites for hydroxylation is 1. The number of fused-ring (bicyclic) bond motifs is 1. The van der Waals surface area contributed by atoms with Gasteiger partial charge in [-0.25, -0.2) is 0 Å². The van der Waals surface area contributed by atoms with Crippen LogP contribution in [0.3, 0.4) is 0 Å². The number of carbonyl (C=O) groups excluding carboxylic acids is 1. The summed E-state index contributed by atoms with van der Waals surface area (Å²) >= 11 is 0. The van der Waals surface area contributed by atoms with E-state index in [0.29, 0.717) is 19.6 Å². The first-order chi connectivity index (χ1) is 7.75. The first-order valence-corrected chi connectivity index (χ1v) is 5.63. The molecule has 3 nitrogen and oxygen atoms in total. The molecule has 0 unspecified atom stereocenters. The second kappa shape index (κ2) is 5.01. The molecule has 2 rings (SSSR count). The van der Waals surface area contributed by atoms with Crippen molar-refractivity contribution in [3.05, 3.63) is 23.8 Å². The number of carbonyl (C=O) groups is 1. The normalized spacial score (nSPS) is 13.6. The van der Waals surface area contributed by atoms with Gasteiger partial charge in [0.25, 0.3) is 0 Å². The Bertz CT molecular complexity index is 385. The second-order valence-electron chi connectivity index (χ2n) is 4.03. The minimum Gasteiger partial charge on any atom is -0.486 e. The van der Waals surface area contributed by atoms with E-state index in [-0.39, 0.29) is 5.78 Å². The lowest BCUT2D eigenvalue weighted by molar-refractivity contribution is -0.117. The molecule has 1 aliphatic heterocycles. The number of ether oxygens (including phenoxy) is 2. The largest absolute Gasteiger partial charge is 0.486 e. The van der Waals surface area contributed by atoms with Gasteiger partial charge in [0, 0.05) is 6.42 Å². The van der Waals surface area contributed by atoms with Gasteiger partial charge < -0.3 is 14.3 Å². The Balaban J connectivity index is 1.97. The molecule has 3 heteroatoms. The Labute approximate surface area is 95.4 Å². The van der Waals surface area contributed by atoms with Crippen molar-refractivity contribution in [1.29, 1.82) is 0 Å². The van der Waals surface area contributed by atoms with Crippen molar-refractivity contribution >= 4 is 5.78 Å². The smallest absolute Gasteiger partial charge is 0.161 e. The second-order valence-corrected chi connectivity index (χ2v) is 4.03. The summed E-state index contributed by atoms with van der Waals surface area (Å²) in [5.74, 6) is 1.89. The monoisotopic (exact) mass is 220 g/mol. The predicted octanol–water partition coefficient (Wildman–Crippen LogP) is 2.37. The fraction of sp³-hybridized carbons (Fsp3) is 0.462. The molecule has 0 N–H and O–H groups in total. The molecule has 0 bridgehead atoms. The van der Waals surface area contributed by atoms with Crippen molar-refractivity contribution in [3.63, 3.8) is 0 Å². The third-order valence-corrected chi connectivity index (χ3v) is 2.60. The zero-order valence-electron chi connectivity index (χ0n) is 9.49. The number of rotatable bonds is 4. The summed E-state index contributed by atoms with van der Waals surface area (Å²) in [4.78, 5) is 10.8. The summed E-state index contributed by atoms with van der Waals surface area (Å²) in [6.07, 6.45) is 2.46. The van der Waals surface area contributed by atoms with Crippen molar-refractivity contribution in [1.82, 2.24) is 0 Å². The van der Waals surface area contributed by atoms with Gasteiger partial charge in [-0.15, -0.1) is 0 Å². The molecular formula is C13H16O3. The molecule has 0 aliphatic carbocycles. The maximum atomic E-state index is 10.8. The maximum Gasteiger partial charge on any atom is 0.161 e. The van der Waals surface area contributed by atoms with Crippen LogP contribution in [0.15, 0.2) is 18.2 Å². The summed E-state index contributed by atoms with van der Waals surface area (Å²) in [6.45, 7) is 2.87. The molecule has 16 heavy (non-hydrogen) atoms. The van der Waals surface area contributed by atoms with Crippen LogP contribution in [0.1, 0.15) is 25.3 Å². The summed E-state index contributed by atoms with van der Waals surface area (Å²) < 4.78 is 10.9. The number of hydrogen-bond acceptors (Lipinski definition) is 3. The number of ketones is 1. The summed E-state index contributed by atoms with van der Waals surface area (Å²) in [7, 11) is 0. The lowest BCUT2D eigenvalue weighted by atomic mass is 10.1. The number of Topliss-reactive ketones (excluding diaryl/α,β-unsaturated/α-hetero) is 1. The van der Waals surface area contributed by atoms with Crippen LogP contribution >= 0.6 is 0 Å². The zero-order chi connectivity index (χ0) is 11.4.